The zero-order valence-electron chi connectivity index (χ0n) is 11.3. The Morgan fingerprint density at radius 3 is 2.36 bits per heavy atom. The summed E-state index contributed by atoms with van der Waals surface area (Å²) in [6.07, 6.45) is 1.45. The Morgan fingerprint density at radius 2 is 1.77 bits per heavy atom. The van der Waals surface area contributed by atoms with Crippen LogP contribution in [0.2, 0.25) is 5.02 Å². The van der Waals surface area contributed by atoms with Gasteiger partial charge in [-0.2, -0.15) is 10.5 Å². The number of benzene rings is 2. The van der Waals surface area contributed by atoms with E-state index in [1.165, 1.54) is 12.1 Å². The fraction of sp³-hybridized carbons (Fsp3) is 0. The fourth-order valence-corrected chi connectivity index (χ4v) is 1.86. The van der Waals surface area contributed by atoms with Gasteiger partial charge in [-0.05, 0) is 42.0 Å². The summed E-state index contributed by atoms with van der Waals surface area (Å²) in [5.41, 5.74) is 1.03. The Morgan fingerprint density at radius 1 is 1.09 bits per heavy atom. The molecule has 22 heavy (non-hydrogen) atoms. The van der Waals surface area contributed by atoms with Gasteiger partial charge in [-0.3, -0.25) is 0 Å². The van der Waals surface area contributed by atoms with Crippen LogP contribution in [0.3, 0.4) is 0 Å². The van der Waals surface area contributed by atoms with Crippen LogP contribution in [-0.2, 0) is 0 Å². The van der Waals surface area contributed by atoms with Crippen molar-refractivity contribution in [2.45, 2.75) is 0 Å². The average molecular weight is 309 g/mol. The number of carbonyl (C=O) groups is 1. The second kappa shape index (κ2) is 7.08. The monoisotopic (exact) mass is 308 g/mol. The SMILES string of the molecule is N#CC(C#N)=Cc1ccc(OC(=O)c2cccc(Cl)c2)cc1. The molecule has 0 saturated carbocycles. The molecule has 0 bridgehead atoms. The molecule has 0 aliphatic rings. The van der Waals surface area contributed by atoms with Crippen LogP contribution >= 0.6 is 11.6 Å². The van der Waals surface area contributed by atoms with Gasteiger partial charge in [0.25, 0.3) is 0 Å². The molecule has 0 aliphatic carbocycles. The van der Waals surface area contributed by atoms with Crippen LogP contribution in [0.25, 0.3) is 6.08 Å². The number of nitriles is 2. The van der Waals surface area contributed by atoms with Crippen molar-refractivity contribution in [2.24, 2.45) is 0 Å². The first-order chi connectivity index (χ1) is 10.6. The van der Waals surface area contributed by atoms with E-state index in [4.69, 9.17) is 26.9 Å². The van der Waals surface area contributed by atoms with Crippen LogP contribution < -0.4 is 4.74 Å². The molecule has 2 aromatic carbocycles. The van der Waals surface area contributed by atoms with Crippen LogP contribution in [0.4, 0.5) is 0 Å². The summed E-state index contributed by atoms with van der Waals surface area (Å²) in [5, 5.41) is 17.8. The molecule has 4 nitrogen and oxygen atoms in total. The van der Waals surface area contributed by atoms with Gasteiger partial charge >= 0.3 is 5.97 Å². The quantitative estimate of drug-likeness (QED) is 0.488. The van der Waals surface area contributed by atoms with Crippen molar-refractivity contribution in [3.8, 4) is 17.9 Å². The number of ether oxygens (including phenoxy) is 1. The summed E-state index contributed by atoms with van der Waals surface area (Å²) in [6.45, 7) is 0. The smallest absolute Gasteiger partial charge is 0.343 e. The second-order valence-corrected chi connectivity index (χ2v) is 4.69. The van der Waals surface area contributed by atoms with Gasteiger partial charge in [0.15, 0.2) is 0 Å². The maximum absolute atomic E-state index is 11.9. The van der Waals surface area contributed by atoms with Gasteiger partial charge in [0.2, 0.25) is 0 Å². The number of carbonyl (C=O) groups excluding carboxylic acids is 1. The highest BCUT2D eigenvalue weighted by Crippen LogP contribution is 2.17. The highest BCUT2D eigenvalue weighted by Gasteiger charge is 2.08. The predicted octanol–water partition coefficient (Wildman–Crippen LogP) is 3.99. The molecule has 2 rings (SSSR count). The number of allylic oxidation sites excluding steroid dienone is 1. The lowest BCUT2D eigenvalue weighted by Crippen LogP contribution is -2.08. The topological polar surface area (TPSA) is 73.9 Å². The Labute approximate surface area is 132 Å². The van der Waals surface area contributed by atoms with Gasteiger partial charge in [-0.25, -0.2) is 4.79 Å². The number of esters is 1. The van der Waals surface area contributed by atoms with Crippen molar-refractivity contribution in [2.75, 3.05) is 0 Å². The number of hydrogen-bond acceptors (Lipinski definition) is 4. The second-order valence-electron chi connectivity index (χ2n) is 4.25. The number of nitrogens with zero attached hydrogens (tertiary/aromatic N) is 2. The number of halogens is 1. The Balaban J connectivity index is 2.12. The van der Waals surface area contributed by atoms with Gasteiger partial charge in [0, 0.05) is 5.02 Å². The molecule has 0 atom stereocenters. The molecule has 0 amide bonds. The lowest BCUT2D eigenvalue weighted by molar-refractivity contribution is 0.0735. The maximum atomic E-state index is 11.9. The predicted molar refractivity (Wildman–Crippen MR) is 82.1 cm³/mol. The summed E-state index contributed by atoms with van der Waals surface area (Å²) < 4.78 is 5.22. The Bertz CT molecular complexity index is 796. The third-order valence-electron chi connectivity index (χ3n) is 2.70. The Kier molecular flexibility index (Phi) is 4.93. The molecule has 106 valence electrons. The minimum absolute atomic E-state index is 0.00340. The molecule has 5 heteroatoms. The van der Waals surface area contributed by atoms with E-state index < -0.39 is 5.97 Å². The van der Waals surface area contributed by atoms with Gasteiger partial charge < -0.3 is 4.74 Å². The first-order valence-corrected chi connectivity index (χ1v) is 6.60. The third kappa shape index (κ3) is 3.96. The molecule has 0 unspecified atom stereocenters. The van der Waals surface area contributed by atoms with Crippen LogP contribution in [0.15, 0.2) is 54.1 Å². The molecule has 0 fully saturated rings. The van der Waals surface area contributed by atoms with Crippen LogP contribution in [-0.4, -0.2) is 5.97 Å². The van der Waals surface area contributed by atoms with E-state index in [9.17, 15) is 4.79 Å². The molecule has 0 N–H and O–H groups in total. The Hall–Kier alpha value is -3.08. The van der Waals surface area contributed by atoms with Crippen molar-refractivity contribution >= 4 is 23.6 Å². The van der Waals surface area contributed by atoms with E-state index in [0.717, 1.165) is 0 Å². The standard InChI is InChI=1S/C17H9ClN2O2/c18-15-3-1-2-14(9-15)17(21)22-16-6-4-12(5-7-16)8-13(10-19)11-20/h1-9H. The number of rotatable bonds is 3. The average Bonchev–Trinajstić information content (AvgIpc) is 2.54. The van der Waals surface area contributed by atoms with E-state index >= 15 is 0 Å². The highest BCUT2D eigenvalue weighted by atomic mass is 35.5. The summed E-state index contributed by atoms with van der Waals surface area (Å²) in [7, 11) is 0. The summed E-state index contributed by atoms with van der Waals surface area (Å²) >= 11 is 5.82. The van der Waals surface area contributed by atoms with E-state index in [-0.39, 0.29) is 5.57 Å². The molecule has 0 saturated heterocycles. The molecule has 2 aromatic rings. The van der Waals surface area contributed by atoms with E-state index in [0.29, 0.717) is 21.9 Å². The number of hydrogen-bond donors (Lipinski definition) is 0. The van der Waals surface area contributed by atoms with Crippen molar-refractivity contribution in [3.05, 3.63) is 70.3 Å². The summed E-state index contributed by atoms with van der Waals surface area (Å²) in [5.74, 6) is -0.155. The van der Waals surface area contributed by atoms with Crippen molar-refractivity contribution in [3.63, 3.8) is 0 Å². The molecule has 0 heterocycles. The first-order valence-electron chi connectivity index (χ1n) is 6.22. The highest BCUT2D eigenvalue weighted by molar-refractivity contribution is 6.30. The lowest BCUT2D eigenvalue weighted by atomic mass is 10.1. The third-order valence-corrected chi connectivity index (χ3v) is 2.94. The van der Waals surface area contributed by atoms with Gasteiger partial charge in [-0.1, -0.05) is 29.8 Å². The lowest BCUT2D eigenvalue weighted by Gasteiger charge is -2.05. The van der Waals surface area contributed by atoms with E-state index in [1.54, 1.807) is 54.6 Å². The van der Waals surface area contributed by atoms with Crippen molar-refractivity contribution < 1.29 is 9.53 Å². The first kappa shape index (κ1) is 15.3. The van der Waals surface area contributed by atoms with Crippen molar-refractivity contribution in [1.82, 2.24) is 0 Å². The van der Waals surface area contributed by atoms with Gasteiger partial charge in [0.1, 0.15) is 23.5 Å². The minimum atomic E-state index is -0.513. The minimum Gasteiger partial charge on any atom is -0.423 e. The summed E-state index contributed by atoms with van der Waals surface area (Å²) in [6, 6.07) is 16.5. The largest absolute Gasteiger partial charge is 0.423 e. The van der Waals surface area contributed by atoms with Crippen molar-refractivity contribution in [1.29, 1.82) is 10.5 Å². The van der Waals surface area contributed by atoms with Crippen LogP contribution in [0.1, 0.15) is 15.9 Å². The van der Waals surface area contributed by atoms with Gasteiger partial charge in [-0.15, -0.1) is 0 Å². The van der Waals surface area contributed by atoms with E-state index in [2.05, 4.69) is 0 Å². The van der Waals surface area contributed by atoms with Crippen LogP contribution in [0.5, 0.6) is 5.75 Å². The molecule has 0 spiro atoms. The van der Waals surface area contributed by atoms with Gasteiger partial charge in [0.05, 0.1) is 5.56 Å². The normalized spacial score (nSPS) is 9.23. The molecular formula is C17H9ClN2O2. The summed E-state index contributed by atoms with van der Waals surface area (Å²) in [4.78, 5) is 11.9. The molecule has 0 aromatic heterocycles. The molecular weight excluding hydrogens is 300 g/mol. The van der Waals surface area contributed by atoms with Crippen LogP contribution in [0, 0.1) is 22.7 Å². The molecule has 0 aliphatic heterocycles. The maximum Gasteiger partial charge on any atom is 0.343 e. The molecule has 0 radical (unpaired) electrons. The van der Waals surface area contributed by atoms with E-state index in [1.807, 2.05) is 0 Å². The fourth-order valence-electron chi connectivity index (χ4n) is 1.67. The zero-order chi connectivity index (χ0) is 15.9. The zero-order valence-corrected chi connectivity index (χ0v) is 12.0.